The first-order valence-electron chi connectivity index (χ1n) is 12.2. The maximum absolute atomic E-state index is 11.6. The van der Waals surface area contributed by atoms with Gasteiger partial charge in [0.25, 0.3) is 0 Å². The van der Waals surface area contributed by atoms with Crippen molar-refractivity contribution in [2.45, 2.75) is 51.3 Å². The van der Waals surface area contributed by atoms with Crippen molar-refractivity contribution >= 4 is 5.97 Å². The Hall–Kier alpha value is -3.49. The van der Waals surface area contributed by atoms with Crippen LogP contribution in [0.1, 0.15) is 23.6 Å². The summed E-state index contributed by atoms with van der Waals surface area (Å²) in [6.45, 7) is 2.26. The summed E-state index contributed by atoms with van der Waals surface area (Å²) in [6, 6.07) is 29.5. The van der Waals surface area contributed by atoms with E-state index < -0.39 is 30.6 Å². The monoisotopic (exact) mass is 505 g/mol. The molecule has 37 heavy (non-hydrogen) atoms. The number of carbonyl (C=O) groups excluding carboxylic acids is 1. The van der Waals surface area contributed by atoms with E-state index in [1.54, 1.807) is 0 Å². The fourth-order valence-electron chi connectivity index (χ4n) is 4.00. The van der Waals surface area contributed by atoms with Crippen LogP contribution in [0.25, 0.3) is 0 Å². The Labute approximate surface area is 217 Å². The zero-order valence-corrected chi connectivity index (χ0v) is 21.0. The van der Waals surface area contributed by atoms with Crippen LogP contribution in [-0.2, 0) is 53.0 Å². The smallest absolute Gasteiger partial charge is 0.307 e. The summed E-state index contributed by atoms with van der Waals surface area (Å²) in [5.41, 5.74) is 2.98. The number of ether oxygens (including phenoxy) is 6. The maximum Gasteiger partial charge on any atom is 0.307 e. The molecule has 1 aliphatic heterocycles. The Kier molecular flexibility index (Phi) is 9.85. The second kappa shape index (κ2) is 13.7. The first-order chi connectivity index (χ1) is 18.1. The number of hydrogen-bond donors (Lipinski definition) is 0. The topological polar surface area (TPSA) is 72.5 Å². The lowest BCUT2D eigenvalue weighted by Gasteiger charge is -2.42. The molecular formula is C30H32O7. The lowest BCUT2D eigenvalue weighted by molar-refractivity contribution is -0.271. The molecule has 1 fully saturated rings. The van der Waals surface area contributed by atoms with E-state index in [9.17, 15) is 4.79 Å². The van der Waals surface area contributed by atoms with Gasteiger partial charge in [-0.15, -0.1) is 0 Å². The molecule has 0 unspecified atom stereocenters. The van der Waals surface area contributed by atoms with E-state index >= 15 is 0 Å². The highest BCUT2D eigenvalue weighted by molar-refractivity contribution is 5.66. The summed E-state index contributed by atoms with van der Waals surface area (Å²) < 4.78 is 36.1. The van der Waals surface area contributed by atoms with E-state index in [0.29, 0.717) is 19.8 Å². The van der Waals surface area contributed by atoms with Gasteiger partial charge in [-0.1, -0.05) is 91.0 Å². The lowest BCUT2D eigenvalue weighted by Crippen LogP contribution is -2.55. The van der Waals surface area contributed by atoms with Crippen molar-refractivity contribution in [2.24, 2.45) is 0 Å². The van der Waals surface area contributed by atoms with E-state index in [4.69, 9.17) is 28.4 Å². The molecule has 7 heteroatoms. The van der Waals surface area contributed by atoms with Crippen LogP contribution in [0, 0.1) is 0 Å². The molecule has 7 nitrogen and oxygen atoms in total. The molecule has 3 aromatic carbocycles. The molecule has 1 heterocycles. The molecule has 0 amide bonds. The summed E-state index contributed by atoms with van der Waals surface area (Å²) in [5.74, 6) is -0.188. The second-order valence-corrected chi connectivity index (χ2v) is 8.59. The number of benzene rings is 3. The van der Waals surface area contributed by atoms with Gasteiger partial charge in [0, 0.05) is 14.0 Å². The summed E-state index contributed by atoms with van der Waals surface area (Å²) in [6.07, 6.45) is -1.55. The highest BCUT2D eigenvalue weighted by Crippen LogP contribution is 2.33. The van der Waals surface area contributed by atoms with Crippen LogP contribution < -0.4 is 0 Å². The van der Waals surface area contributed by atoms with E-state index in [1.165, 1.54) is 20.3 Å². The molecule has 4 rings (SSSR count). The molecule has 0 bridgehead atoms. The van der Waals surface area contributed by atoms with Crippen molar-refractivity contribution in [2.75, 3.05) is 7.11 Å². The van der Waals surface area contributed by atoms with Crippen molar-refractivity contribution in [3.05, 3.63) is 120 Å². The fraction of sp³-hybridized carbons (Fsp3) is 0.300. The van der Waals surface area contributed by atoms with Gasteiger partial charge in [0.1, 0.15) is 24.6 Å². The number of carbonyl (C=O) groups is 1. The number of methoxy groups -OCH3 is 1. The van der Waals surface area contributed by atoms with Crippen LogP contribution >= 0.6 is 0 Å². The first kappa shape index (κ1) is 26.6. The fourth-order valence-corrected chi connectivity index (χ4v) is 4.00. The Morgan fingerprint density at radius 2 is 1.19 bits per heavy atom. The van der Waals surface area contributed by atoms with Crippen LogP contribution in [-0.4, -0.2) is 37.7 Å². The van der Waals surface area contributed by atoms with E-state index in [2.05, 4.69) is 0 Å². The highest BCUT2D eigenvalue weighted by Gasteiger charge is 2.47. The number of hydrogen-bond acceptors (Lipinski definition) is 7. The third-order valence-electron chi connectivity index (χ3n) is 5.84. The minimum atomic E-state index is -0.817. The van der Waals surface area contributed by atoms with Crippen molar-refractivity contribution in [3.8, 4) is 0 Å². The normalized spacial score (nSPS) is 22.4. The first-order valence-corrected chi connectivity index (χ1v) is 12.2. The Bertz CT molecular complexity index is 1120. The SMILES string of the molecule is CO[C@H]1O/C(=[13CH]/OC(C)=O)[C@@H](OCc2ccccc2)[C@H](OCc2ccccc2)[C@H]1OCc1ccccc1. The van der Waals surface area contributed by atoms with Gasteiger partial charge < -0.3 is 28.4 Å². The van der Waals surface area contributed by atoms with Crippen molar-refractivity contribution < 1.29 is 33.2 Å². The Balaban J connectivity index is 1.63. The number of esters is 1. The van der Waals surface area contributed by atoms with Crippen LogP contribution in [0.2, 0.25) is 0 Å². The molecule has 0 N–H and O–H groups in total. The van der Waals surface area contributed by atoms with Crippen molar-refractivity contribution in [1.29, 1.82) is 0 Å². The lowest BCUT2D eigenvalue weighted by atomic mass is 10.0. The average Bonchev–Trinajstić information content (AvgIpc) is 2.94. The molecule has 1 saturated heterocycles. The van der Waals surface area contributed by atoms with E-state index in [0.717, 1.165) is 16.7 Å². The zero-order valence-electron chi connectivity index (χ0n) is 21.0. The predicted molar refractivity (Wildman–Crippen MR) is 137 cm³/mol. The van der Waals surface area contributed by atoms with Crippen LogP contribution in [0.15, 0.2) is 103 Å². The van der Waals surface area contributed by atoms with E-state index in [1.807, 2.05) is 91.0 Å². The van der Waals surface area contributed by atoms with E-state index in [-0.39, 0.29) is 5.76 Å². The van der Waals surface area contributed by atoms with Crippen LogP contribution in [0.4, 0.5) is 0 Å². The molecule has 0 saturated carbocycles. The van der Waals surface area contributed by atoms with Crippen molar-refractivity contribution in [1.82, 2.24) is 0 Å². The minimum Gasteiger partial charge on any atom is -0.460 e. The zero-order chi connectivity index (χ0) is 25.9. The molecule has 0 radical (unpaired) electrons. The molecule has 4 atom stereocenters. The minimum absolute atomic E-state index is 0.288. The van der Waals surface area contributed by atoms with Gasteiger partial charge in [-0.3, -0.25) is 4.79 Å². The summed E-state index contributed by atoms with van der Waals surface area (Å²) >= 11 is 0. The largest absolute Gasteiger partial charge is 0.460 e. The van der Waals surface area contributed by atoms with Gasteiger partial charge in [0.15, 0.2) is 5.76 Å². The molecule has 1 aliphatic rings. The van der Waals surface area contributed by atoms with Crippen LogP contribution in [0.3, 0.4) is 0 Å². The van der Waals surface area contributed by atoms with Crippen molar-refractivity contribution in [3.63, 3.8) is 0 Å². The second-order valence-electron chi connectivity index (χ2n) is 8.59. The van der Waals surface area contributed by atoms with Gasteiger partial charge >= 0.3 is 5.97 Å². The van der Waals surface area contributed by atoms with Gasteiger partial charge in [-0.05, 0) is 16.7 Å². The maximum atomic E-state index is 11.6. The molecule has 0 aromatic heterocycles. The molecule has 194 valence electrons. The van der Waals surface area contributed by atoms with Gasteiger partial charge in [0.2, 0.25) is 6.29 Å². The average molecular weight is 506 g/mol. The Morgan fingerprint density at radius 3 is 1.65 bits per heavy atom. The Morgan fingerprint density at radius 1 is 0.730 bits per heavy atom. The quantitative estimate of drug-likeness (QED) is 0.203. The summed E-state index contributed by atoms with van der Waals surface area (Å²) in [4.78, 5) is 11.6. The standard InChI is InChI=1S/C30H32O7/c1-22(31)33-21-26-27(34-18-23-12-6-3-7-13-23)28(35-19-24-14-8-4-9-15-24)29(30(32-2)37-26)36-20-25-16-10-5-11-17-25/h3-17,21,27-30H,18-20H2,1-2H3/b26-21+/t27-,28+,29-,30+/m1/s1/i21+1. The highest BCUT2D eigenvalue weighted by atomic mass is 16.7. The van der Waals surface area contributed by atoms with Gasteiger partial charge in [0.05, 0.1) is 19.8 Å². The number of rotatable bonds is 11. The van der Waals surface area contributed by atoms with Gasteiger partial charge in [-0.2, -0.15) is 0 Å². The molecule has 0 spiro atoms. The third kappa shape index (κ3) is 7.74. The molecular weight excluding hydrogens is 473 g/mol. The van der Waals surface area contributed by atoms with Gasteiger partial charge in [-0.25, -0.2) is 0 Å². The third-order valence-corrected chi connectivity index (χ3v) is 5.84. The molecule has 3 aromatic rings. The summed E-state index contributed by atoms with van der Waals surface area (Å²) in [7, 11) is 1.53. The molecule has 0 aliphatic carbocycles. The predicted octanol–water partition coefficient (Wildman–Crippen LogP) is 5.15. The van der Waals surface area contributed by atoms with Crippen LogP contribution in [0.5, 0.6) is 0 Å². The summed E-state index contributed by atoms with van der Waals surface area (Å²) in [5, 5.41) is 0.